The lowest BCUT2D eigenvalue weighted by Gasteiger charge is -2.40. The molecule has 2 aromatic heterocycles. The van der Waals surface area contributed by atoms with E-state index in [1.165, 1.54) is 44.3 Å². The van der Waals surface area contributed by atoms with Crippen LogP contribution in [0.3, 0.4) is 0 Å². The van der Waals surface area contributed by atoms with Crippen LogP contribution in [-0.4, -0.2) is 19.5 Å². The average Bonchev–Trinajstić information content (AvgIpc) is 3.47. The molecule has 2 aliphatic rings. The zero-order valence-electron chi connectivity index (χ0n) is 26.0. The van der Waals surface area contributed by atoms with Gasteiger partial charge in [0.05, 0.1) is 28.1 Å². The zero-order valence-corrected chi connectivity index (χ0v) is 26.0. The third-order valence-electron chi connectivity index (χ3n) is 9.90. The summed E-state index contributed by atoms with van der Waals surface area (Å²) in [5, 5.41) is 2.43. The fraction of sp³-hybridized carbons (Fsp3) is 0.0714. The molecule has 5 nitrogen and oxygen atoms in total. The van der Waals surface area contributed by atoms with E-state index < -0.39 is 0 Å². The maximum Gasteiger partial charge on any atom is 0.164 e. The summed E-state index contributed by atoms with van der Waals surface area (Å²) in [6.07, 6.45) is 0. The number of rotatable bonds is 4. The summed E-state index contributed by atoms with van der Waals surface area (Å²) in [7, 11) is 0. The lowest BCUT2D eigenvalue weighted by Crippen LogP contribution is -2.29. The molecule has 0 radical (unpaired) electrons. The number of anilines is 3. The minimum absolute atomic E-state index is 0.165. The van der Waals surface area contributed by atoms with Crippen molar-refractivity contribution in [3.8, 4) is 39.9 Å². The molecule has 0 aliphatic carbocycles. The van der Waals surface area contributed by atoms with E-state index in [2.05, 4.69) is 126 Å². The molecule has 0 saturated heterocycles. The SMILES string of the molecule is CC1(C)c2cccc3c2-n2c4c(cc(-c5nc(-c6ccccc6)nc(-c6ccccc6)n5)cc4c4cccc1c42)N3c1ccccc1. The molecular formula is C42H29N5. The molecule has 8 aromatic rings. The Morgan fingerprint density at radius 3 is 1.70 bits per heavy atom. The molecule has 2 aliphatic heterocycles. The molecule has 222 valence electrons. The standard InChI is InChI=1S/C42H29N5/c1-42(2)32-21-12-20-30-31-24-28(41-44-39(26-14-6-3-7-15-26)43-40(45-41)27-16-8-4-9-17-27)25-35-37(31)47(36(30)32)38-33(42)22-13-23-34(38)46(35)29-18-10-5-11-19-29/h3-25H,1-2H3. The van der Waals surface area contributed by atoms with Crippen LogP contribution in [0.2, 0.25) is 0 Å². The molecular weight excluding hydrogens is 574 g/mol. The van der Waals surface area contributed by atoms with Crippen molar-refractivity contribution in [2.75, 3.05) is 4.90 Å². The third-order valence-corrected chi connectivity index (χ3v) is 9.90. The summed E-state index contributed by atoms with van der Waals surface area (Å²) in [6, 6.07) is 49.1. The lowest BCUT2D eigenvalue weighted by atomic mass is 9.74. The van der Waals surface area contributed by atoms with E-state index in [1.54, 1.807) is 0 Å². The Morgan fingerprint density at radius 1 is 0.468 bits per heavy atom. The van der Waals surface area contributed by atoms with Crippen LogP contribution in [0.1, 0.15) is 25.0 Å². The van der Waals surface area contributed by atoms with Gasteiger partial charge in [-0.3, -0.25) is 0 Å². The van der Waals surface area contributed by atoms with Gasteiger partial charge in [0.2, 0.25) is 0 Å². The molecule has 0 fully saturated rings. The van der Waals surface area contributed by atoms with Gasteiger partial charge in [-0.15, -0.1) is 0 Å². The molecule has 0 bridgehead atoms. The molecule has 47 heavy (non-hydrogen) atoms. The number of hydrogen-bond donors (Lipinski definition) is 0. The van der Waals surface area contributed by atoms with Crippen LogP contribution in [0.25, 0.3) is 61.7 Å². The number of aromatic nitrogens is 4. The molecule has 10 rings (SSSR count). The highest BCUT2D eigenvalue weighted by molar-refractivity contribution is 6.19. The first kappa shape index (κ1) is 26.2. The molecule has 6 aromatic carbocycles. The van der Waals surface area contributed by atoms with Crippen molar-refractivity contribution >= 4 is 38.9 Å². The number of benzene rings is 6. The molecule has 0 saturated carbocycles. The Kier molecular flexibility index (Phi) is 5.28. The van der Waals surface area contributed by atoms with Crippen LogP contribution >= 0.6 is 0 Å². The van der Waals surface area contributed by atoms with Crippen LogP contribution in [-0.2, 0) is 5.41 Å². The summed E-state index contributed by atoms with van der Waals surface area (Å²) in [6.45, 7) is 4.71. The van der Waals surface area contributed by atoms with Gasteiger partial charge in [0.1, 0.15) is 0 Å². The predicted octanol–water partition coefficient (Wildman–Crippen LogP) is 10.4. The van der Waals surface area contributed by atoms with E-state index in [9.17, 15) is 0 Å². The lowest BCUT2D eigenvalue weighted by molar-refractivity contribution is 0.629. The first-order valence-corrected chi connectivity index (χ1v) is 16.1. The van der Waals surface area contributed by atoms with Crippen molar-refractivity contribution < 1.29 is 0 Å². The predicted molar refractivity (Wildman–Crippen MR) is 191 cm³/mol. The van der Waals surface area contributed by atoms with Gasteiger partial charge in [-0.1, -0.05) is 123 Å². The van der Waals surface area contributed by atoms with Gasteiger partial charge in [0.25, 0.3) is 0 Å². The van der Waals surface area contributed by atoms with Crippen LogP contribution < -0.4 is 4.90 Å². The highest BCUT2D eigenvalue weighted by atomic mass is 15.2. The van der Waals surface area contributed by atoms with Crippen molar-refractivity contribution in [3.05, 3.63) is 151 Å². The molecule has 0 N–H and O–H groups in total. The van der Waals surface area contributed by atoms with E-state index in [0.717, 1.165) is 28.1 Å². The van der Waals surface area contributed by atoms with Crippen molar-refractivity contribution in [1.29, 1.82) is 0 Å². The van der Waals surface area contributed by atoms with Crippen molar-refractivity contribution in [1.82, 2.24) is 19.5 Å². The summed E-state index contributed by atoms with van der Waals surface area (Å²) >= 11 is 0. The van der Waals surface area contributed by atoms with E-state index in [-0.39, 0.29) is 5.41 Å². The highest BCUT2D eigenvalue weighted by Gasteiger charge is 2.40. The van der Waals surface area contributed by atoms with Crippen LogP contribution in [0.5, 0.6) is 0 Å². The van der Waals surface area contributed by atoms with Gasteiger partial charge in [0, 0.05) is 38.6 Å². The Bertz CT molecular complexity index is 2480. The number of para-hydroxylation sites is 3. The van der Waals surface area contributed by atoms with Gasteiger partial charge < -0.3 is 9.47 Å². The Labute approximate surface area is 272 Å². The number of hydrogen-bond acceptors (Lipinski definition) is 4. The summed E-state index contributed by atoms with van der Waals surface area (Å²) in [5.74, 6) is 1.96. The number of nitrogens with zero attached hydrogens (tertiary/aromatic N) is 5. The van der Waals surface area contributed by atoms with E-state index in [4.69, 9.17) is 15.0 Å². The number of fused-ring (bicyclic) bond motifs is 1. The van der Waals surface area contributed by atoms with Crippen LogP contribution in [0.15, 0.2) is 140 Å². The minimum atomic E-state index is -0.165. The quantitative estimate of drug-likeness (QED) is 0.201. The fourth-order valence-electron chi connectivity index (χ4n) is 7.72. The van der Waals surface area contributed by atoms with E-state index >= 15 is 0 Å². The largest absolute Gasteiger partial charge is 0.306 e. The van der Waals surface area contributed by atoms with Crippen LogP contribution in [0.4, 0.5) is 17.1 Å². The molecule has 0 amide bonds. The van der Waals surface area contributed by atoms with Crippen molar-refractivity contribution in [2.45, 2.75) is 19.3 Å². The van der Waals surface area contributed by atoms with Gasteiger partial charge in [-0.05, 0) is 41.5 Å². The maximum atomic E-state index is 5.13. The summed E-state index contributed by atoms with van der Waals surface area (Å²) in [5.41, 5.74) is 12.5. The Hall–Kier alpha value is -6.07. The fourth-order valence-corrected chi connectivity index (χ4v) is 7.72. The Balaban J connectivity index is 1.34. The zero-order chi connectivity index (χ0) is 31.3. The first-order valence-electron chi connectivity index (χ1n) is 16.1. The third kappa shape index (κ3) is 3.62. The van der Waals surface area contributed by atoms with Crippen molar-refractivity contribution in [3.63, 3.8) is 0 Å². The second-order valence-corrected chi connectivity index (χ2v) is 12.9. The van der Waals surface area contributed by atoms with Gasteiger partial charge in [-0.2, -0.15) is 0 Å². The van der Waals surface area contributed by atoms with E-state index in [1.807, 2.05) is 36.4 Å². The second-order valence-electron chi connectivity index (χ2n) is 12.9. The Morgan fingerprint density at radius 2 is 1.04 bits per heavy atom. The van der Waals surface area contributed by atoms with Gasteiger partial charge in [-0.25, -0.2) is 15.0 Å². The topological polar surface area (TPSA) is 46.8 Å². The molecule has 4 heterocycles. The normalized spacial score (nSPS) is 13.9. The van der Waals surface area contributed by atoms with Crippen LogP contribution in [0, 0.1) is 0 Å². The highest BCUT2D eigenvalue weighted by Crippen LogP contribution is 2.57. The minimum Gasteiger partial charge on any atom is -0.306 e. The second kappa shape index (κ2) is 9.47. The molecule has 0 atom stereocenters. The maximum absolute atomic E-state index is 5.13. The van der Waals surface area contributed by atoms with Gasteiger partial charge in [0.15, 0.2) is 17.5 Å². The van der Waals surface area contributed by atoms with Crippen molar-refractivity contribution in [2.24, 2.45) is 0 Å². The molecule has 0 spiro atoms. The summed E-state index contributed by atoms with van der Waals surface area (Å²) < 4.78 is 2.52. The monoisotopic (exact) mass is 603 g/mol. The average molecular weight is 604 g/mol. The first-order chi connectivity index (χ1) is 23.1. The molecule has 0 unspecified atom stereocenters. The molecule has 5 heteroatoms. The summed E-state index contributed by atoms with van der Waals surface area (Å²) in [4.78, 5) is 17.6. The smallest absolute Gasteiger partial charge is 0.164 e. The van der Waals surface area contributed by atoms with Gasteiger partial charge >= 0.3 is 0 Å². The van der Waals surface area contributed by atoms with E-state index in [0.29, 0.717) is 17.5 Å².